The highest BCUT2D eigenvalue weighted by molar-refractivity contribution is 4.85. The van der Waals surface area contributed by atoms with Crippen molar-refractivity contribution < 1.29 is 0 Å². The molecule has 2 heteroatoms. The van der Waals surface area contributed by atoms with Gasteiger partial charge in [0.1, 0.15) is 0 Å². The molecule has 1 aliphatic heterocycles. The number of rotatable bonds is 4. The van der Waals surface area contributed by atoms with Crippen LogP contribution in [0.15, 0.2) is 0 Å². The standard InChI is InChI=1S/C12H22N2/c1-3-6-12-7-4-5-8-14(12)10-11(2)9-13/h11-12H,3-8,10H2,1-2H3. The number of hydrogen-bond acceptors (Lipinski definition) is 2. The van der Waals surface area contributed by atoms with Crippen LogP contribution in [0.1, 0.15) is 46.0 Å². The van der Waals surface area contributed by atoms with Crippen LogP contribution >= 0.6 is 0 Å². The molecular formula is C12H22N2. The normalized spacial score (nSPS) is 25.6. The summed E-state index contributed by atoms with van der Waals surface area (Å²) in [5, 5.41) is 8.80. The van der Waals surface area contributed by atoms with Crippen LogP contribution in [0.3, 0.4) is 0 Å². The van der Waals surface area contributed by atoms with E-state index < -0.39 is 0 Å². The van der Waals surface area contributed by atoms with Crippen molar-refractivity contribution in [2.45, 2.75) is 52.0 Å². The molecule has 0 amide bonds. The molecule has 0 bridgehead atoms. The average Bonchev–Trinajstić information content (AvgIpc) is 2.21. The first-order chi connectivity index (χ1) is 6.77. The molecule has 0 radical (unpaired) electrons. The van der Waals surface area contributed by atoms with Crippen molar-refractivity contribution in [1.29, 1.82) is 5.26 Å². The SMILES string of the molecule is CCCC1CCCCN1CC(C)C#N. The summed E-state index contributed by atoms with van der Waals surface area (Å²) in [6, 6.07) is 3.09. The molecule has 1 heterocycles. The molecule has 80 valence electrons. The van der Waals surface area contributed by atoms with Gasteiger partial charge in [0.05, 0.1) is 12.0 Å². The Labute approximate surface area is 87.9 Å². The number of piperidine rings is 1. The zero-order valence-corrected chi connectivity index (χ0v) is 9.50. The fourth-order valence-electron chi connectivity index (χ4n) is 2.35. The van der Waals surface area contributed by atoms with E-state index >= 15 is 0 Å². The fourth-order valence-corrected chi connectivity index (χ4v) is 2.35. The molecule has 0 saturated carbocycles. The lowest BCUT2D eigenvalue weighted by Crippen LogP contribution is -2.41. The Morgan fingerprint density at radius 3 is 2.93 bits per heavy atom. The molecule has 2 nitrogen and oxygen atoms in total. The van der Waals surface area contributed by atoms with Crippen LogP contribution in [0, 0.1) is 17.2 Å². The number of likely N-dealkylation sites (tertiary alicyclic amines) is 1. The van der Waals surface area contributed by atoms with Crippen molar-refractivity contribution >= 4 is 0 Å². The van der Waals surface area contributed by atoms with Gasteiger partial charge >= 0.3 is 0 Å². The van der Waals surface area contributed by atoms with E-state index in [1.165, 1.54) is 38.6 Å². The van der Waals surface area contributed by atoms with Crippen molar-refractivity contribution in [3.8, 4) is 6.07 Å². The first-order valence-electron chi connectivity index (χ1n) is 5.91. The number of nitrogens with zero attached hydrogens (tertiary/aromatic N) is 2. The van der Waals surface area contributed by atoms with Crippen molar-refractivity contribution in [1.82, 2.24) is 4.90 Å². The molecule has 0 aliphatic carbocycles. The summed E-state index contributed by atoms with van der Waals surface area (Å²) >= 11 is 0. The Bertz CT molecular complexity index is 193. The summed E-state index contributed by atoms with van der Waals surface area (Å²) in [6.07, 6.45) is 6.60. The van der Waals surface area contributed by atoms with Crippen molar-refractivity contribution in [2.24, 2.45) is 5.92 Å². The molecule has 1 saturated heterocycles. The Hall–Kier alpha value is -0.550. The molecule has 0 aromatic rings. The Kier molecular flexibility index (Phi) is 4.97. The summed E-state index contributed by atoms with van der Waals surface area (Å²) in [4.78, 5) is 2.53. The van der Waals surface area contributed by atoms with Gasteiger partial charge in [-0.25, -0.2) is 0 Å². The van der Waals surface area contributed by atoms with Gasteiger partial charge in [-0.1, -0.05) is 19.8 Å². The minimum absolute atomic E-state index is 0.187. The maximum absolute atomic E-state index is 8.80. The van der Waals surface area contributed by atoms with Gasteiger partial charge in [0.2, 0.25) is 0 Å². The summed E-state index contributed by atoms with van der Waals surface area (Å²) in [7, 11) is 0. The van der Waals surface area contributed by atoms with Gasteiger partial charge in [-0.05, 0) is 32.7 Å². The molecule has 2 atom stereocenters. The minimum Gasteiger partial charge on any atom is -0.299 e. The molecule has 2 unspecified atom stereocenters. The second kappa shape index (κ2) is 6.03. The second-order valence-electron chi connectivity index (χ2n) is 4.46. The van der Waals surface area contributed by atoms with Crippen molar-refractivity contribution in [3.05, 3.63) is 0 Å². The Morgan fingerprint density at radius 1 is 1.50 bits per heavy atom. The van der Waals surface area contributed by atoms with E-state index in [4.69, 9.17) is 5.26 Å². The molecule has 1 fully saturated rings. The fraction of sp³-hybridized carbons (Fsp3) is 0.917. The van der Waals surface area contributed by atoms with E-state index in [1.54, 1.807) is 0 Å². The summed E-state index contributed by atoms with van der Waals surface area (Å²) in [5.74, 6) is 0.187. The summed E-state index contributed by atoms with van der Waals surface area (Å²) in [5.41, 5.74) is 0. The molecule has 0 aromatic carbocycles. The highest BCUT2D eigenvalue weighted by Gasteiger charge is 2.22. The van der Waals surface area contributed by atoms with Gasteiger partial charge in [0.25, 0.3) is 0 Å². The van der Waals surface area contributed by atoms with Crippen LogP contribution in [0.25, 0.3) is 0 Å². The van der Waals surface area contributed by atoms with Crippen molar-refractivity contribution in [2.75, 3.05) is 13.1 Å². The quantitative estimate of drug-likeness (QED) is 0.688. The zero-order chi connectivity index (χ0) is 10.4. The van der Waals surface area contributed by atoms with E-state index in [0.29, 0.717) is 0 Å². The van der Waals surface area contributed by atoms with E-state index in [0.717, 1.165) is 12.6 Å². The van der Waals surface area contributed by atoms with Gasteiger partial charge < -0.3 is 0 Å². The van der Waals surface area contributed by atoms with E-state index in [9.17, 15) is 0 Å². The van der Waals surface area contributed by atoms with Gasteiger partial charge in [-0.2, -0.15) is 5.26 Å². The molecular weight excluding hydrogens is 172 g/mol. The smallest absolute Gasteiger partial charge is 0.0666 e. The lowest BCUT2D eigenvalue weighted by molar-refractivity contribution is 0.130. The van der Waals surface area contributed by atoms with Gasteiger partial charge in [-0.3, -0.25) is 4.90 Å². The predicted molar refractivity (Wildman–Crippen MR) is 58.9 cm³/mol. The molecule has 1 rings (SSSR count). The first kappa shape index (κ1) is 11.5. The van der Waals surface area contributed by atoms with Crippen LogP contribution in [0.4, 0.5) is 0 Å². The third kappa shape index (κ3) is 3.31. The molecule has 0 aromatic heterocycles. The van der Waals surface area contributed by atoms with Crippen LogP contribution < -0.4 is 0 Å². The minimum atomic E-state index is 0.187. The highest BCUT2D eigenvalue weighted by atomic mass is 15.2. The number of hydrogen-bond donors (Lipinski definition) is 0. The van der Waals surface area contributed by atoms with E-state index in [1.807, 2.05) is 6.92 Å². The molecule has 0 N–H and O–H groups in total. The topological polar surface area (TPSA) is 27.0 Å². The molecule has 0 spiro atoms. The Morgan fingerprint density at radius 2 is 2.29 bits per heavy atom. The van der Waals surface area contributed by atoms with Gasteiger partial charge in [0, 0.05) is 12.6 Å². The lowest BCUT2D eigenvalue weighted by atomic mass is 9.97. The average molecular weight is 194 g/mol. The predicted octanol–water partition coefficient (Wildman–Crippen LogP) is 2.80. The summed E-state index contributed by atoms with van der Waals surface area (Å²) in [6.45, 7) is 6.45. The maximum atomic E-state index is 8.80. The second-order valence-corrected chi connectivity index (χ2v) is 4.46. The zero-order valence-electron chi connectivity index (χ0n) is 9.50. The molecule has 14 heavy (non-hydrogen) atoms. The van der Waals surface area contributed by atoms with Crippen LogP contribution in [-0.2, 0) is 0 Å². The number of nitriles is 1. The van der Waals surface area contributed by atoms with Crippen LogP contribution in [0.5, 0.6) is 0 Å². The monoisotopic (exact) mass is 194 g/mol. The van der Waals surface area contributed by atoms with E-state index in [2.05, 4.69) is 17.9 Å². The van der Waals surface area contributed by atoms with Crippen LogP contribution in [0.2, 0.25) is 0 Å². The van der Waals surface area contributed by atoms with Gasteiger partial charge in [-0.15, -0.1) is 0 Å². The largest absolute Gasteiger partial charge is 0.299 e. The molecule has 1 aliphatic rings. The lowest BCUT2D eigenvalue weighted by Gasteiger charge is -2.36. The maximum Gasteiger partial charge on any atom is 0.0666 e. The van der Waals surface area contributed by atoms with Crippen LogP contribution in [-0.4, -0.2) is 24.0 Å². The van der Waals surface area contributed by atoms with E-state index in [-0.39, 0.29) is 5.92 Å². The van der Waals surface area contributed by atoms with Gasteiger partial charge in [0.15, 0.2) is 0 Å². The van der Waals surface area contributed by atoms with Crippen molar-refractivity contribution in [3.63, 3.8) is 0 Å². The Balaban J connectivity index is 2.42. The third-order valence-corrected chi connectivity index (χ3v) is 3.10. The highest BCUT2D eigenvalue weighted by Crippen LogP contribution is 2.21. The third-order valence-electron chi connectivity index (χ3n) is 3.10. The first-order valence-corrected chi connectivity index (χ1v) is 5.91. The summed E-state index contributed by atoms with van der Waals surface area (Å²) < 4.78 is 0.